The molecule has 5 aromatic rings. The van der Waals surface area contributed by atoms with Crippen LogP contribution < -0.4 is 5.49 Å². The average molecular weight is 475 g/mol. The van der Waals surface area contributed by atoms with Crippen LogP contribution in [-0.2, 0) is 6.54 Å². The van der Waals surface area contributed by atoms with Gasteiger partial charge in [-0.25, -0.2) is 4.98 Å². The van der Waals surface area contributed by atoms with Crippen molar-refractivity contribution in [3.8, 4) is 22.4 Å². The van der Waals surface area contributed by atoms with Gasteiger partial charge in [0.05, 0.1) is 29.6 Å². The Hall–Kier alpha value is -3.96. The van der Waals surface area contributed by atoms with Crippen molar-refractivity contribution >= 4 is 11.0 Å². The molecule has 0 spiro atoms. The zero-order chi connectivity index (χ0) is 24.5. The largest absolute Gasteiger partial charge is 0.391 e. The Balaban J connectivity index is 1.69. The first kappa shape index (κ1) is 22.5. The summed E-state index contributed by atoms with van der Waals surface area (Å²) in [5.41, 5.74) is 6.61. The lowest BCUT2D eigenvalue weighted by atomic mass is 9.92. The van der Waals surface area contributed by atoms with Crippen LogP contribution in [0, 0.1) is 5.41 Å². The quantitative estimate of drug-likeness (QED) is 0.320. The molecule has 2 atom stereocenters. The molecular weight excluding hydrogens is 444 g/mol. The van der Waals surface area contributed by atoms with E-state index in [1.54, 1.807) is 6.33 Å². The van der Waals surface area contributed by atoms with E-state index in [1.165, 1.54) is 5.56 Å². The highest BCUT2D eigenvalue weighted by Crippen LogP contribution is 2.40. The lowest BCUT2D eigenvalue weighted by Gasteiger charge is -2.29. The zero-order valence-corrected chi connectivity index (χ0v) is 20.2. The van der Waals surface area contributed by atoms with E-state index in [0.29, 0.717) is 12.0 Å². The molecule has 3 aromatic carbocycles. The maximum atomic E-state index is 10.8. The van der Waals surface area contributed by atoms with Crippen LogP contribution in [0.4, 0.5) is 0 Å². The second kappa shape index (κ2) is 9.59. The van der Waals surface area contributed by atoms with E-state index in [2.05, 4.69) is 65.2 Å². The summed E-state index contributed by atoms with van der Waals surface area (Å²) in [7, 11) is 0. The molecule has 0 bridgehead atoms. The van der Waals surface area contributed by atoms with Crippen molar-refractivity contribution in [1.29, 1.82) is 5.41 Å². The summed E-state index contributed by atoms with van der Waals surface area (Å²) < 4.78 is 4.16. The third-order valence-corrected chi connectivity index (χ3v) is 7.38. The van der Waals surface area contributed by atoms with Crippen LogP contribution in [0.5, 0.6) is 0 Å². The van der Waals surface area contributed by atoms with Crippen molar-refractivity contribution in [3.05, 3.63) is 108 Å². The van der Waals surface area contributed by atoms with Gasteiger partial charge in [0.2, 0.25) is 0 Å². The number of aromatic nitrogens is 3. The Labute approximate surface area is 210 Å². The third kappa shape index (κ3) is 3.95. The van der Waals surface area contributed by atoms with Crippen molar-refractivity contribution in [1.82, 2.24) is 14.1 Å². The van der Waals surface area contributed by atoms with Gasteiger partial charge < -0.3 is 14.2 Å². The van der Waals surface area contributed by atoms with E-state index in [4.69, 9.17) is 4.98 Å². The number of hydrogen-bond acceptors (Lipinski definition) is 3. The summed E-state index contributed by atoms with van der Waals surface area (Å²) in [6.45, 7) is 0.650. The summed E-state index contributed by atoms with van der Waals surface area (Å²) >= 11 is 0. The Bertz CT molecular complexity index is 1540. The molecule has 6 rings (SSSR count). The number of fused-ring (bicyclic) bond motifs is 1. The van der Waals surface area contributed by atoms with Gasteiger partial charge in [-0.15, -0.1) is 0 Å². The second-order valence-corrected chi connectivity index (χ2v) is 9.65. The molecule has 1 fully saturated rings. The first-order valence-corrected chi connectivity index (χ1v) is 12.7. The van der Waals surface area contributed by atoms with E-state index in [-0.39, 0.29) is 6.04 Å². The zero-order valence-electron chi connectivity index (χ0n) is 20.2. The topological polar surface area (TPSA) is 66.8 Å². The fraction of sp³-hybridized carbons (Fsp3) is 0.226. The Morgan fingerprint density at radius 1 is 0.806 bits per heavy atom. The van der Waals surface area contributed by atoms with Gasteiger partial charge in [-0.05, 0) is 29.5 Å². The standard InChI is InChI=1S/C31H30N4O/c32-30-28-27(23-14-6-2-7-15-23)29(24-16-8-3-9-17-24)34(20-22-12-4-1-5-13-22)31(28)33-21-35(30)25-18-10-11-19-26(25)36/h1-9,12-17,21,25-26,32,36H,10-11,18-20H2/t25?,26-/m1/s1. The molecule has 1 unspecified atom stereocenters. The van der Waals surface area contributed by atoms with Crippen LogP contribution in [0.1, 0.15) is 37.3 Å². The summed E-state index contributed by atoms with van der Waals surface area (Å²) in [6.07, 6.45) is 5.04. The number of benzene rings is 3. The summed E-state index contributed by atoms with van der Waals surface area (Å²) in [4.78, 5) is 4.97. The predicted molar refractivity (Wildman–Crippen MR) is 144 cm³/mol. The van der Waals surface area contributed by atoms with E-state index < -0.39 is 6.10 Å². The summed E-state index contributed by atoms with van der Waals surface area (Å²) in [5, 5.41) is 21.0. The minimum Gasteiger partial charge on any atom is -0.391 e. The highest BCUT2D eigenvalue weighted by atomic mass is 16.3. The smallest absolute Gasteiger partial charge is 0.146 e. The fourth-order valence-electron chi connectivity index (χ4n) is 5.64. The molecule has 0 radical (unpaired) electrons. The Kier molecular flexibility index (Phi) is 5.99. The van der Waals surface area contributed by atoms with Crippen LogP contribution in [-0.4, -0.2) is 25.3 Å². The van der Waals surface area contributed by atoms with E-state index >= 15 is 0 Å². The Morgan fingerprint density at radius 3 is 2.08 bits per heavy atom. The minimum absolute atomic E-state index is 0.121. The van der Waals surface area contributed by atoms with Crippen molar-refractivity contribution in [3.63, 3.8) is 0 Å². The maximum absolute atomic E-state index is 10.8. The van der Waals surface area contributed by atoms with Gasteiger partial charge in [0, 0.05) is 12.1 Å². The number of aliphatic hydroxyl groups is 1. The van der Waals surface area contributed by atoms with Gasteiger partial charge in [0.25, 0.3) is 0 Å². The van der Waals surface area contributed by atoms with Crippen molar-refractivity contribution < 1.29 is 5.11 Å². The highest BCUT2D eigenvalue weighted by molar-refractivity contribution is 6.02. The van der Waals surface area contributed by atoms with Gasteiger partial charge >= 0.3 is 0 Å². The first-order valence-electron chi connectivity index (χ1n) is 12.7. The van der Waals surface area contributed by atoms with E-state index in [9.17, 15) is 10.5 Å². The molecule has 1 aliphatic carbocycles. The molecule has 180 valence electrons. The van der Waals surface area contributed by atoms with Crippen LogP contribution in [0.2, 0.25) is 0 Å². The molecule has 0 amide bonds. The van der Waals surface area contributed by atoms with Gasteiger partial charge in [-0.1, -0.05) is 104 Å². The van der Waals surface area contributed by atoms with E-state index in [0.717, 1.165) is 59.1 Å². The second-order valence-electron chi connectivity index (χ2n) is 9.65. The molecule has 2 aromatic heterocycles. The van der Waals surface area contributed by atoms with Crippen LogP contribution >= 0.6 is 0 Å². The van der Waals surface area contributed by atoms with Gasteiger partial charge in [0.1, 0.15) is 11.1 Å². The number of hydrogen-bond donors (Lipinski definition) is 2. The molecule has 36 heavy (non-hydrogen) atoms. The van der Waals surface area contributed by atoms with Crippen molar-refractivity contribution in [2.75, 3.05) is 0 Å². The highest BCUT2D eigenvalue weighted by Gasteiger charge is 2.28. The van der Waals surface area contributed by atoms with Crippen molar-refractivity contribution in [2.24, 2.45) is 0 Å². The average Bonchev–Trinajstić information content (AvgIpc) is 3.26. The third-order valence-electron chi connectivity index (χ3n) is 7.38. The monoisotopic (exact) mass is 474 g/mol. The minimum atomic E-state index is -0.452. The molecule has 1 aliphatic rings. The number of nitrogens with zero attached hydrogens (tertiary/aromatic N) is 3. The molecule has 5 nitrogen and oxygen atoms in total. The number of nitrogens with one attached hydrogen (secondary N) is 1. The fourth-order valence-corrected chi connectivity index (χ4v) is 5.64. The van der Waals surface area contributed by atoms with Gasteiger partial charge in [-0.3, -0.25) is 5.41 Å². The molecule has 5 heteroatoms. The summed E-state index contributed by atoms with van der Waals surface area (Å²) in [5.74, 6) is 0. The van der Waals surface area contributed by atoms with Crippen molar-refractivity contribution in [2.45, 2.75) is 44.4 Å². The molecule has 2 heterocycles. The first-order chi connectivity index (χ1) is 17.7. The van der Waals surface area contributed by atoms with Gasteiger partial charge in [-0.2, -0.15) is 0 Å². The SMILES string of the molecule is N=c1c2c(-c3ccccc3)c(-c3ccccc3)n(Cc3ccccc3)c2ncn1C1CCCC[C@H]1O. The van der Waals surface area contributed by atoms with Crippen LogP contribution in [0.25, 0.3) is 33.4 Å². The van der Waals surface area contributed by atoms with Gasteiger partial charge in [0.15, 0.2) is 0 Å². The lowest BCUT2D eigenvalue weighted by Crippen LogP contribution is -2.35. The Morgan fingerprint density at radius 2 is 1.42 bits per heavy atom. The molecule has 0 aliphatic heterocycles. The molecule has 1 saturated carbocycles. The molecule has 0 saturated heterocycles. The molecule has 2 N–H and O–H groups in total. The lowest BCUT2D eigenvalue weighted by molar-refractivity contribution is 0.0729. The van der Waals surface area contributed by atoms with Crippen LogP contribution in [0.15, 0.2) is 97.3 Å². The number of rotatable bonds is 5. The summed E-state index contributed by atoms with van der Waals surface area (Å²) in [6, 6.07) is 31.0. The van der Waals surface area contributed by atoms with E-state index in [1.807, 2.05) is 34.9 Å². The normalized spacial score (nSPS) is 17.9. The molecular formula is C31H30N4O. The number of aliphatic hydroxyl groups excluding tert-OH is 1. The predicted octanol–water partition coefficient (Wildman–Crippen LogP) is 6.18. The van der Waals surface area contributed by atoms with Crippen LogP contribution in [0.3, 0.4) is 0 Å². The maximum Gasteiger partial charge on any atom is 0.146 e.